The zero-order valence-electron chi connectivity index (χ0n) is 24.4. The Balaban J connectivity index is 1.55. The summed E-state index contributed by atoms with van der Waals surface area (Å²) in [5.74, 6) is 1.54. The molecule has 4 aromatic rings. The molecule has 0 radical (unpaired) electrons. The molecular formula is C30H40N8O3. The number of nitrogens with one attached hydrogen (secondary N) is 1. The van der Waals surface area contributed by atoms with Crippen molar-refractivity contribution >= 4 is 28.9 Å². The lowest BCUT2D eigenvalue weighted by atomic mass is 10.0. The van der Waals surface area contributed by atoms with E-state index in [2.05, 4.69) is 66.6 Å². The predicted molar refractivity (Wildman–Crippen MR) is 160 cm³/mol. The van der Waals surface area contributed by atoms with Crippen LogP contribution in [0.15, 0.2) is 24.4 Å². The summed E-state index contributed by atoms with van der Waals surface area (Å²) in [5.41, 5.74) is 5.90. The maximum Gasteiger partial charge on any atom is 0.219 e. The summed E-state index contributed by atoms with van der Waals surface area (Å²) in [5, 5.41) is 28.7. The van der Waals surface area contributed by atoms with Crippen LogP contribution in [0.5, 0.6) is 5.88 Å². The topological polar surface area (TPSA) is 107 Å². The Hall–Kier alpha value is -3.67. The number of aliphatic hydroxyl groups excluding tert-OH is 1. The number of nitrogens with zero attached hydrogens (tertiary/aromatic N) is 7. The van der Waals surface area contributed by atoms with Crippen molar-refractivity contribution in [2.45, 2.75) is 58.5 Å². The van der Waals surface area contributed by atoms with Gasteiger partial charge in [-0.05, 0) is 70.0 Å². The quantitative estimate of drug-likeness (QED) is 0.375. The minimum absolute atomic E-state index is 0.00903. The van der Waals surface area contributed by atoms with Crippen LogP contribution in [0.4, 0.5) is 5.82 Å². The molecule has 11 heteroatoms. The molecule has 5 heterocycles. The van der Waals surface area contributed by atoms with Gasteiger partial charge in [-0.25, -0.2) is 9.36 Å². The van der Waals surface area contributed by atoms with Crippen molar-refractivity contribution in [1.29, 1.82) is 0 Å². The highest BCUT2D eigenvalue weighted by molar-refractivity contribution is 5.94. The molecule has 1 fully saturated rings. The summed E-state index contributed by atoms with van der Waals surface area (Å²) in [6.07, 6.45) is 9.03. The first-order chi connectivity index (χ1) is 20.0. The summed E-state index contributed by atoms with van der Waals surface area (Å²) < 4.78 is 18.4. The van der Waals surface area contributed by atoms with Gasteiger partial charge in [-0.2, -0.15) is 15.3 Å². The van der Waals surface area contributed by atoms with E-state index < -0.39 is 0 Å². The number of hydrogen-bond acceptors (Lipinski definition) is 8. The van der Waals surface area contributed by atoms with Crippen LogP contribution in [0.3, 0.4) is 0 Å². The molecule has 2 aliphatic rings. The number of aromatic nitrogens is 6. The lowest BCUT2D eigenvalue weighted by Crippen LogP contribution is -2.32. The van der Waals surface area contributed by atoms with E-state index >= 15 is 0 Å². The first-order valence-electron chi connectivity index (χ1n) is 14.6. The third kappa shape index (κ3) is 5.37. The average molecular weight is 561 g/mol. The lowest BCUT2D eigenvalue weighted by molar-refractivity contribution is -0.0367. The molecule has 6 rings (SSSR count). The van der Waals surface area contributed by atoms with Gasteiger partial charge in [0.25, 0.3) is 0 Å². The van der Waals surface area contributed by atoms with Crippen LogP contribution in [0.25, 0.3) is 34.2 Å². The van der Waals surface area contributed by atoms with Crippen molar-refractivity contribution in [3.8, 4) is 17.0 Å². The summed E-state index contributed by atoms with van der Waals surface area (Å²) in [6.45, 7) is 7.39. The van der Waals surface area contributed by atoms with Gasteiger partial charge in [0.15, 0.2) is 12.0 Å². The highest BCUT2D eigenvalue weighted by atomic mass is 16.5. The Morgan fingerprint density at radius 1 is 1.15 bits per heavy atom. The zero-order chi connectivity index (χ0) is 28.5. The number of hydrogen-bond donors (Lipinski definition) is 2. The molecule has 11 nitrogen and oxygen atoms in total. The fourth-order valence-electron chi connectivity index (χ4n) is 5.94. The normalized spacial score (nSPS) is 20.7. The molecule has 2 N–H and O–H groups in total. The van der Waals surface area contributed by atoms with Crippen LogP contribution in [0.1, 0.15) is 56.3 Å². The fraction of sp³-hybridized carbons (Fsp3) is 0.500. The molecule has 0 aliphatic carbocycles. The summed E-state index contributed by atoms with van der Waals surface area (Å²) in [6, 6.07) is 6.44. The number of aryl methyl sites for hydroxylation is 1. The van der Waals surface area contributed by atoms with Crippen molar-refractivity contribution in [2.75, 3.05) is 38.7 Å². The lowest BCUT2D eigenvalue weighted by Gasteiger charge is -2.24. The maximum absolute atomic E-state index is 9.82. The minimum Gasteiger partial charge on any atom is -0.473 e. The van der Waals surface area contributed by atoms with Crippen LogP contribution < -0.4 is 10.1 Å². The third-order valence-corrected chi connectivity index (χ3v) is 7.82. The second-order valence-electron chi connectivity index (χ2n) is 11.0. The number of rotatable bonds is 5. The Morgan fingerprint density at radius 2 is 2.02 bits per heavy atom. The largest absolute Gasteiger partial charge is 0.473 e. The number of likely N-dealkylation sites (N-methyl/N-ethyl adjacent to an activating group) is 1. The van der Waals surface area contributed by atoms with Crippen molar-refractivity contribution < 1.29 is 14.6 Å². The number of anilines is 1. The molecule has 1 aromatic carbocycles. The number of fused-ring (bicyclic) bond motifs is 4. The molecule has 2 atom stereocenters. The van der Waals surface area contributed by atoms with Gasteiger partial charge in [0.2, 0.25) is 5.88 Å². The van der Waals surface area contributed by atoms with Crippen LogP contribution >= 0.6 is 0 Å². The van der Waals surface area contributed by atoms with E-state index in [4.69, 9.17) is 19.7 Å². The number of ether oxygens (including phenoxy) is 2. The maximum atomic E-state index is 9.82. The van der Waals surface area contributed by atoms with Crippen molar-refractivity contribution in [3.63, 3.8) is 0 Å². The van der Waals surface area contributed by atoms with Gasteiger partial charge in [-0.1, -0.05) is 6.07 Å². The van der Waals surface area contributed by atoms with E-state index in [1.807, 2.05) is 22.6 Å². The molecule has 218 valence electrons. The van der Waals surface area contributed by atoms with Crippen molar-refractivity contribution in [1.82, 2.24) is 34.2 Å². The average Bonchev–Trinajstić information content (AvgIpc) is 3.61. The van der Waals surface area contributed by atoms with Crippen molar-refractivity contribution in [3.05, 3.63) is 41.3 Å². The highest BCUT2D eigenvalue weighted by Crippen LogP contribution is 2.36. The smallest absolute Gasteiger partial charge is 0.219 e. The predicted octanol–water partition coefficient (Wildman–Crippen LogP) is 4.14. The van der Waals surface area contributed by atoms with Crippen LogP contribution in [-0.4, -0.2) is 78.8 Å². The van der Waals surface area contributed by atoms with Crippen molar-refractivity contribution in [2.24, 2.45) is 7.05 Å². The monoisotopic (exact) mass is 560 g/mol. The van der Waals surface area contributed by atoms with Gasteiger partial charge in [-0.15, -0.1) is 0 Å². The summed E-state index contributed by atoms with van der Waals surface area (Å²) >= 11 is 0. The van der Waals surface area contributed by atoms with Crippen LogP contribution in [-0.2, 0) is 24.9 Å². The molecule has 1 unspecified atom stereocenters. The highest BCUT2D eigenvalue weighted by Gasteiger charge is 2.24. The van der Waals surface area contributed by atoms with Crippen LogP contribution in [0.2, 0.25) is 0 Å². The van der Waals surface area contributed by atoms with E-state index in [0.29, 0.717) is 19.6 Å². The number of benzene rings is 1. The molecule has 1 saturated heterocycles. The second-order valence-corrected chi connectivity index (χ2v) is 11.0. The second kappa shape index (κ2) is 11.7. The van der Waals surface area contributed by atoms with E-state index in [9.17, 15) is 5.11 Å². The van der Waals surface area contributed by atoms with Gasteiger partial charge >= 0.3 is 0 Å². The van der Waals surface area contributed by atoms with Gasteiger partial charge in [0.05, 0.1) is 41.8 Å². The first-order valence-corrected chi connectivity index (χ1v) is 14.6. The zero-order valence-corrected chi connectivity index (χ0v) is 24.4. The standard InChI is InChI=1S/C30H40N8O3/c1-5-31-29-22-10-11-25-23-16-21(9-12-26(23)38(33-25)28-8-6-7-15-40-28)24-17-32-36(4)30(24)41-20(2)18-35(3)19-27(22)37(34-29)13-14-39/h9-12,16-17,20,28,39H,5-8,13-15,18-19H2,1-4H3,(H,31,34)/b11-10-/t20-,28?/m0/s1. The molecule has 3 aromatic heterocycles. The molecule has 0 spiro atoms. The molecular weight excluding hydrogens is 520 g/mol. The van der Waals surface area contributed by atoms with Gasteiger partial charge < -0.3 is 19.9 Å². The van der Waals surface area contributed by atoms with E-state index in [0.717, 1.165) is 83.1 Å². The summed E-state index contributed by atoms with van der Waals surface area (Å²) in [4.78, 5) is 2.23. The summed E-state index contributed by atoms with van der Waals surface area (Å²) in [7, 11) is 3.99. The van der Waals surface area contributed by atoms with Gasteiger partial charge in [0, 0.05) is 44.2 Å². The van der Waals surface area contributed by atoms with E-state index in [-0.39, 0.29) is 18.9 Å². The van der Waals surface area contributed by atoms with E-state index in [1.54, 1.807) is 4.68 Å². The Morgan fingerprint density at radius 3 is 2.80 bits per heavy atom. The Bertz CT molecular complexity index is 1540. The minimum atomic E-state index is -0.0915. The van der Waals surface area contributed by atoms with Gasteiger partial charge in [0.1, 0.15) is 6.10 Å². The first kappa shape index (κ1) is 27.5. The number of aliphatic hydroxyl groups is 1. The molecule has 0 amide bonds. The SMILES string of the molecule is CCNc1nn(CCO)c2c1/C=C\c1nn(C3CCCCO3)c3ccc(cc13)-c1cnn(C)c1O[C@@H](C)CN(C)C2. The fourth-order valence-corrected chi connectivity index (χ4v) is 5.94. The molecule has 41 heavy (non-hydrogen) atoms. The third-order valence-electron chi connectivity index (χ3n) is 7.82. The van der Waals surface area contributed by atoms with Gasteiger partial charge in [-0.3, -0.25) is 9.58 Å². The van der Waals surface area contributed by atoms with Crippen LogP contribution in [0, 0.1) is 0 Å². The molecule has 2 aliphatic heterocycles. The molecule has 2 bridgehead atoms. The molecule has 0 saturated carbocycles. The van der Waals surface area contributed by atoms with E-state index in [1.165, 1.54) is 0 Å². The Kier molecular flexibility index (Phi) is 7.83. The Labute approximate surface area is 240 Å².